The van der Waals surface area contributed by atoms with Gasteiger partial charge in [-0.1, -0.05) is 91.9 Å². The van der Waals surface area contributed by atoms with Crippen molar-refractivity contribution in [1.29, 1.82) is 0 Å². The fraction of sp³-hybridized carbons (Fsp3) is 0.724. The van der Waals surface area contributed by atoms with Crippen molar-refractivity contribution in [2.45, 2.75) is 104 Å². The molecule has 1 rings (SSSR count). The highest BCUT2D eigenvalue weighted by Crippen LogP contribution is 2.47. The number of rotatable bonds is 14. The van der Waals surface area contributed by atoms with Crippen molar-refractivity contribution in [3.8, 4) is 17.6 Å². The van der Waals surface area contributed by atoms with Gasteiger partial charge in [-0.05, 0) is 54.2 Å². The standard InChI is InChI=1S/C29H48O3S/c1-23(2)29(24(3)4,25(5)6)21-17-15-13-11-9-10-12-14-16-18-26-19-20-27(32-7)22-28(26)33(8,30)31/h19-20,22-25H,9-15,17,21H2,1-8H3. The molecule has 0 amide bonds. The van der Waals surface area contributed by atoms with E-state index in [0.717, 1.165) is 30.6 Å². The average Bonchev–Trinajstić information content (AvgIpc) is 2.73. The second-order valence-electron chi connectivity index (χ2n) is 10.5. The quantitative estimate of drug-likeness (QED) is 0.202. The SMILES string of the molecule is COc1ccc(C#CCCCCCCCCCC(C(C)C)(C(C)C)C(C)C)c(S(C)(=O)=O)c1. The summed E-state index contributed by atoms with van der Waals surface area (Å²) >= 11 is 0. The Morgan fingerprint density at radius 3 is 1.85 bits per heavy atom. The Balaban J connectivity index is 2.35. The van der Waals surface area contributed by atoms with E-state index in [9.17, 15) is 8.42 Å². The van der Waals surface area contributed by atoms with E-state index in [1.807, 2.05) is 0 Å². The van der Waals surface area contributed by atoms with E-state index < -0.39 is 9.84 Å². The van der Waals surface area contributed by atoms with Crippen molar-refractivity contribution in [2.75, 3.05) is 13.4 Å². The van der Waals surface area contributed by atoms with Crippen molar-refractivity contribution in [3.05, 3.63) is 23.8 Å². The predicted octanol–water partition coefficient (Wildman–Crippen LogP) is 7.92. The summed E-state index contributed by atoms with van der Waals surface area (Å²) in [5, 5.41) is 0. The van der Waals surface area contributed by atoms with Gasteiger partial charge < -0.3 is 4.74 Å². The van der Waals surface area contributed by atoms with Gasteiger partial charge in [0.1, 0.15) is 5.75 Å². The molecule has 0 fully saturated rings. The number of ether oxygens (including phenoxy) is 1. The molecule has 0 spiro atoms. The van der Waals surface area contributed by atoms with Crippen LogP contribution in [0.1, 0.15) is 105 Å². The lowest BCUT2D eigenvalue weighted by Gasteiger charge is -2.45. The van der Waals surface area contributed by atoms with Gasteiger partial charge in [-0.15, -0.1) is 0 Å². The lowest BCUT2D eigenvalue weighted by molar-refractivity contribution is 0.0356. The Morgan fingerprint density at radius 2 is 1.36 bits per heavy atom. The molecule has 33 heavy (non-hydrogen) atoms. The van der Waals surface area contributed by atoms with Gasteiger partial charge in [0.2, 0.25) is 0 Å². The maximum Gasteiger partial charge on any atom is 0.176 e. The maximum atomic E-state index is 12.0. The molecule has 0 N–H and O–H groups in total. The van der Waals surface area contributed by atoms with Gasteiger partial charge in [-0.25, -0.2) is 8.42 Å². The molecule has 0 saturated carbocycles. The molecule has 0 atom stereocenters. The van der Waals surface area contributed by atoms with Gasteiger partial charge in [-0.2, -0.15) is 0 Å². The largest absolute Gasteiger partial charge is 0.497 e. The molecule has 0 aliphatic rings. The Kier molecular flexibility index (Phi) is 12.6. The summed E-state index contributed by atoms with van der Waals surface area (Å²) in [6.07, 6.45) is 12.1. The van der Waals surface area contributed by atoms with Crippen molar-refractivity contribution in [3.63, 3.8) is 0 Å². The van der Waals surface area contributed by atoms with Crippen LogP contribution in [0.25, 0.3) is 0 Å². The van der Waals surface area contributed by atoms with E-state index in [1.54, 1.807) is 18.2 Å². The molecule has 0 unspecified atom stereocenters. The average molecular weight is 477 g/mol. The van der Waals surface area contributed by atoms with Gasteiger partial charge in [0.25, 0.3) is 0 Å². The molecule has 0 aromatic heterocycles. The second kappa shape index (κ2) is 14.1. The fourth-order valence-electron chi connectivity index (χ4n) is 5.59. The monoisotopic (exact) mass is 476 g/mol. The Labute approximate surface area is 205 Å². The molecule has 1 aromatic carbocycles. The minimum Gasteiger partial charge on any atom is -0.497 e. The summed E-state index contributed by atoms with van der Waals surface area (Å²) in [6.45, 7) is 14.4. The van der Waals surface area contributed by atoms with E-state index in [-0.39, 0.29) is 4.90 Å². The van der Waals surface area contributed by atoms with E-state index in [4.69, 9.17) is 4.74 Å². The molecule has 0 heterocycles. The van der Waals surface area contributed by atoms with Crippen LogP contribution in [-0.4, -0.2) is 21.8 Å². The van der Waals surface area contributed by atoms with E-state index in [2.05, 4.69) is 53.4 Å². The smallest absolute Gasteiger partial charge is 0.176 e. The first-order valence-corrected chi connectivity index (χ1v) is 14.7. The number of hydrogen-bond acceptors (Lipinski definition) is 3. The number of methoxy groups -OCH3 is 1. The fourth-order valence-corrected chi connectivity index (χ4v) is 6.44. The van der Waals surface area contributed by atoms with Crippen LogP contribution in [0.15, 0.2) is 23.1 Å². The summed E-state index contributed by atoms with van der Waals surface area (Å²) in [5.41, 5.74) is 1.01. The molecule has 0 aliphatic carbocycles. The zero-order valence-corrected chi connectivity index (χ0v) is 23.3. The van der Waals surface area contributed by atoms with Crippen molar-refractivity contribution >= 4 is 9.84 Å². The van der Waals surface area contributed by atoms with Crippen LogP contribution in [0.4, 0.5) is 0 Å². The summed E-state index contributed by atoms with van der Waals surface area (Å²) in [7, 11) is -1.80. The highest BCUT2D eigenvalue weighted by Gasteiger charge is 2.39. The number of sulfone groups is 1. The van der Waals surface area contributed by atoms with Gasteiger partial charge in [0, 0.05) is 18.2 Å². The van der Waals surface area contributed by atoms with E-state index in [1.165, 1.54) is 58.3 Å². The van der Waals surface area contributed by atoms with Gasteiger partial charge in [0.05, 0.1) is 12.0 Å². The third-order valence-corrected chi connectivity index (χ3v) is 8.58. The molecular formula is C29H48O3S. The minimum atomic E-state index is -3.34. The first-order valence-electron chi connectivity index (χ1n) is 12.8. The van der Waals surface area contributed by atoms with Gasteiger partial charge in [0.15, 0.2) is 9.84 Å². The Hall–Kier alpha value is -1.47. The van der Waals surface area contributed by atoms with Crippen molar-refractivity contribution in [2.24, 2.45) is 23.2 Å². The topological polar surface area (TPSA) is 43.4 Å². The first kappa shape index (κ1) is 29.6. The molecule has 3 nitrogen and oxygen atoms in total. The van der Waals surface area contributed by atoms with E-state index >= 15 is 0 Å². The maximum absolute atomic E-state index is 12.0. The summed E-state index contributed by atoms with van der Waals surface area (Å²) in [6, 6.07) is 5.04. The molecule has 0 saturated heterocycles. The lowest BCUT2D eigenvalue weighted by atomic mass is 9.60. The van der Waals surface area contributed by atoms with Crippen LogP contribution in [-0.2, 0) is 9.84 Å². The molecule has 0 aliphatic heterocycles. The molecule has 188 valence electrons. The highest BCUT2D eigenvalue weighted by molar-refractivity contribution is 7.90. The van der Waals surface area contributed by atoms with Crippen molar-refractivity contribution in [1.82, 2.24) is 0 Å². The first-order chi connectivity index (χ1) is 15.5. The number of unbranched alkanes of at least 4 members (excludes halogenated alkanes) is 7. The van der Waals surface area contributed by atoms with Gasteiger partial charge in [-0.3, -0.25) is 0 Å². The van der Waals surface area contributed by atoms with Crippen LogP contribution in [0, 0.1) is 35.0 Å². The zero-order valence-electron chi connectivity index (χ0n) is 22.5. The Morgan fingerprint density at radius 1 is 0.848 bits per heavy atom. The zero-order chi connectivity index (χ0) is 25.1. The van der Waals surface area contributed by atoms with Crippen LogP contribution < -0.4 is 4.74 Å². The van der Waals surface area contributed by atoms with E-state index in [0.29, 0.717) is 16.7 Å². The molecule has 0 bridgehead atoms. The third kappa shape index (κ3) is 9.01. The molecular weight excluding hydrogens is 428 g/mol. The summed E-state index contributed by atoms with van der Waals surface area (Å²) in [5.74, 6) is 8.91. The molecule has 1 aromatic rings. The van der Waals surface area contributed by atoms with Crippen LogP contribution in [0.3, 0.4) is 0 Å². The minimum absolute atomic E-state index is 0.241. The number of benzene rings is 1. The Bertz CT molecular complexity index is 848. The highest BCUT2D eigenvalue weighted by atomic mass is 32.2. The second-order valence-corrected chi connectivity index (χ2v) is 12.5. The number of hydrogen-bond donors (Lipinski definition) is 0. The molecule has 4 heteroatoms. The van der Waals surface area contributed by atoms with Gasteiger partial charge >= 0.3 is 0 Å². The normalized spacial score (nSPS) is 12.3. The van der Waals surface area contributed by atoms with Crippen LogP contribution in [0.5, 0.6) is 5.75 Å². The summed E-state index contributed by atoms with van der Waals surface area (Å²) in [4.78, 5) is 0.241. The lowest BCUT2D eigenvalue weighted by Crippen LogP contribution is -2.38. The van der Waals surface area contributed by atoms with Crippen molar-refractivity contribution < 1.29 is 13.2 Å². The predicted molar refractivity (Wildman–Crippen MR) is 141 cm³/mol. The molecule has 0 radical (unpaired) electrons. The van der Waals surface area contributed by atoms with Crippen LogP contribution >= 0.6 is 0 Å². The van der Waals surface area contributed by atoms with Crippen LogP contribution in [0.2, 0.25) is 0 Å². The third-order valence-electron chi connectivity index (χ3n) is 7.45. The summed E-state index contributed by atoms with van der Waals surface area (Å²) < 4.78 is 29.2.